The number of nitrogens with one attached hydrogen (secondary N) is 1. The Balaban J connectivity index is 1.51. The molecule has 1 aliphatic carbocycles. The van der Waals surface area contributed by atoms with Crippen molar-refractivity contribution in [2.75, 3.05) is 0 Å². The molecule has 0 saturated heterocycles. The Hall–Kier alpha value is -2.34. The first-order valence-corrected chi connectivity index (χ1v) is 8.82. The lowest BCUT2D eigenvalue weighted by atomic mass is 10.1. The van der Waals surface area contributed by atoms with Gasteiger partial charge < -0.3 is 15.2 Å². The van der Waals surface area contributed by atoms with E-state index in [2.05, 4.69) is 5.32 Å². The second kappa shape index (κ2) is 5.94. The number of carboxylic acid groups (broad SMARTS) is 1. The summed E-state index contributed by atoms with van der Waals surface area (Å²) >= 11 is 1.47. The molecule has 124 valence electrons. The van der Waals surface area contributed by atoms with Crippen molar-refractivity contribution >= 4 is 23.2 Å². The molecule has 0 radical (unpaired) electrons. The number of amides is 1. The van der Waals surface area contributed by atoms with E-state index in [1.165, 1.54) is 11.3 Å². The predicted molar refractivity (Wildman–Crippen MR) is 90.3 cm³/mol. The molecule has 1 aromatic carbocycles. The van der Waals surface area contributed by atoms with E-state index in [1.54, 1.807) is 0 Å². The Labute approximate surface area is 143 Å². The number of hydrogen-bond donors (Lipinski definition) is 2. The molecule has 1 saturated carbocycles. The molecule has 5 nitrogen and oxygen atoms in total. The van der Waals surface area contributed by atoms with Gasteiger partial charge in [-0.15, -0.1) is 11.3 Å². The lowest BCUT2D eigenvalue weighted by Crippen LogP contribution is -2.32. The first-order valence-electron chi connectivity index (χ1n) is 8.00. The molecule has 4 rings (SSSR count). The molecule has 24 heavy (non-hydrogen) atoms. The number of hydrogen-bond acceptors (Lipinski definition) is 4. The maximum absolute atomic E-state index is 12.5. The SMILES string of the molecule is O=C(N[C@H]1CC[C@@H](C(=O)O)C1)c1cc2c(s1)-c1ccccc1OC2. The van der Waals surface area contributed by atoms with Crippen LogP contribution >= 0.6 is 11.3 Å². The molecule has 6 heteroatoms. The highest BCUT2D eigenvalue weighted by Crippen LogP contribution is 2.42. The smallest absolute Gasteiger partial charge is 0.306 e. The summed E-state index contributed by atoms with van der Waals surface area (Å²) < 4.78 is 5.73. The second-order valence-corrected chi connectivity index (χ2v) is 7.32. The average molecular weight is 343 g/mol. The third-order valence-corrected chi connectivity index (χ3v) is 5.87. The molecule has 2 aliphatic rings. The molecule has 1 fully saturated rings. The van der Waals surface area contributed by atoms with E-state index in [0.29, 0.717) is 24.3 Å². The van der Waals surface area contributed by atoms with E-state index in [-0.39, 0.29) is 17.9 Å². The van der Waals surface area contributed by atoms with Crippen LogP contribution < -0.4 is 10.1 Å². The summed E-state index contributed by atoms with van der Waals surface area (Å²) in [5.74, 6) is -0.388. The van der Waals surface area contributed by atoms with Crippen molar-refractivity contribution in [3.8, 4) is 16.2 Å². The van der Waals surface area contributed by atoms with Crippen LogP contribution in [0, 0.1) is 5.92 Å². The van der Waals surface area contributed by atoms with Crippen molar-refractivity contribution in [3.05, 3.63) is 40.8 Å². The van der Waals surface area contributed by atoms with Gasteiger partial charge in [-0.05, 0) is 37.5 Å². The van der Waals surface area contributed by atoms with E-state index in [4.69, 9.17) is 9.84 Å². The predicted octanol–water partition coefficient (Wildman–Crippen LogP) is 3.29. The molecule has 0 unspecified atom stereocenters. The standard InChI is InChI=1S/C18H17NO4S/c20-17(19-12-6-5-10(7-12)18(21)22)15-8-11-9-23-14-4-2-1-3-13(14)16(11)24-15/h1-4,8,10,12H,5-7,9H2,(H,19,20)(H,21,22)/t10-,12+/m1/s1. The summed E-state index contributed by atoms with van der Waals surface area (Å²) in [6.45, 7) is 0.473. The summed E-state index contributed by atoms with van der Waals surface area (Å²) in [5.41, 5.74) is 2.05. The zero-order valence-electron chi connectivity index (χ0n) is 13.0. The summed E-state index contributed by atoms with van der Waals surface area (Å²) in [6, 6.07) is 9.66. The van der Waals surface area contributed by atoms with Gasteiger partial charge in [0.05, 0.1) is 10.8 Å². The number of fused-ring (bicyclic) bond motifs is 3. The molecule has 2 N–H and O–H groups in total. The number of benzene rings is 1. The van der Waals surface area contributed by atoms with Crippen molar-refractivity contribution in [1.29, 1.82) is 0 Å². The fourth-order valence-electron chi connectivity index (χ4n) is 3.40. The first kappa shape index (κ1) is 15.2. The topological polar surface area (TPSA) is 75.6 Å². The average Bonchev–Trinajstić information content (AvgIpc) is 3.21. The van der Waals surface area contributed by atoms with Crippen LogP contribution in [-0.4, -0.2) is 23.0 Å². The number of thiophene rings is 1. The Morgan fingerprint density at radius 3 is 2.88 bits per heavy atom. The van der Waals surface area contributed by atoms with Gasteiger partial charge in [0, 0.05) is 22.0 Å². The monoisotopic (exact) mass is 343 g/mol. The third kappa shape index (κ3) is 2.67. The fourth-order valence-corrected chi connectivity index (χ4v) is 4.51. The minimum atomic E-state index is -0.771. The summed E-state index contributed by atoms with van der Waals surface area (Å²) in [4.78, 5) is 25.3. The van der Waals surface area contributed by atoms with Gasteiger partial charge in [-0.1, -0.05) is 12.1 Å². The summed E-state index contributed by atoms with van der Waals surface area (Å²) in [5, 5.41) is 12.0. The maximum Gasteiger partial charge on any atom is 0.306 e. The quantitative estimate of drug-likeness (QED) is 0.897. The molecule has 2 aromatic rings. The fraction of sp³-hybridized carbons (Fsp3) is 0.333. The Morgan fingerprint density at radius 2 is 2.08 bits per heavy atom. The van der Waals surface area contributed by atoms with Gasteiger partial charge in [0.15, 0.2) is 0 Å². The molecule has 2 atom stereocenters. The van der Waals surface area contributed by atoms with Gasteiger partial charge in [0.1, 0.15) is 12.4 Å². The van der Waals surface area contributed by atoms with Gasteiger partial charge >= 0.3 is 5.97 Å². The molecule has 1 aliphatic heterocycles. The number of rotatable bonds is 3. The van der Waals surface area contributed by atoms with Gasteiger partial charge in [0.2, 0.25) is 0 Å². The van der Waals surface area contributed by atoms with Crippen molar-refractivity contribution in [2.45, 2.75) is 31.9 Å². The highest BCUT2D eigenvalue weighted by molar-refractivity contribution is 7.17. The molecule has 2 heterocycles. The van der Waals surface area contributed by atoms with Crippen LogP contribution in [-0.2, 0) is 11.4 Å². The number of ether oxygens (including phenoxy) is 1. The minimum absolute atomic E-state index is 0.0544. The number of carboxylic acids is 1. The molecule has 0 spiro atoms. The zero-order valence-corrected chi connectivity index (χ0v) is 13.8. The van der Waals surface area contributed by atoms with Crippen LogP contribution in [0.3, 0.4) is 0 Å². The van der Waals surface area contributed by atoms with Crippen LogP contribution in [0.15, 0.2) is 30.3 Å². The van der Waals surface area contributed by atoms with Crippen molar-refractivity contribution in [1.82, 2.24) is 5.32 Å². The van der Waals surface area contributed by atoms with Gasteiger partial charge in [0.25, 0.3) is 5.91 Å². The van der Waals surface area contributed by atoms with Gasteiger partial charge in [-0.3, -0.25) is 9.59 Å². The first-order chi connectivity index (χ1) is 11.6. The summed E-state index contributed by atoms with van der Waals surface area (Å²) in [6.07, 6.45) is 1.86. The number of carbonyl (C=O) groups is 2. The molecular formula is C18H17NO4S. The number of carbonyl (C=O) groups excluding carboxylic acids is 1. The van der Waals surface area contributed by atoms with E-state index < -0.39 is 5.97 Å². The van der Waals surface area contributed by atoms with E-state index in [0.717, 1.165) is 28.2 Å². The van der Waals surface area contributed by atoms with Crippen LogP contribution in [0.25, 0.3) is 10.4 Å². The molecule has 1 amide bonds. The number of aliphatic carboxylic acids is 1. The Kier molecular flexibility index (Phi) is 3.76. The van der Waals surface area contributed by atoms with Crippen LogP contribution in [0.4, 0.5) is 0 Å². The van der Waals surface area contributed by atoms with Gasteiger partial charge in [-0.25, -0.2) is 0 Å². The lowest BCUT2D eigenvalue weighted by Gasteiger charge is -2.16. The van der Waals surface area contributed by atoms with Gasteiger partial charge in [-0.2, -0.15) is 0 Å². The maximum atomic E-state index is 12.5. The largest absolute Gasteiger partial charge is 0.488 e. The van der Waals surface area contributed by atoms with Crippen LogP contribution in [0.2, 0.25) is 0 Å². The number of para-hydroxylation sites is 1. The van der Waals surface area contributed by atoms with Crippen molar-refractivity contribution in [2.24, 2.45) is 5.92 Å². The van der Waals surface area contributed by atoms with Crippen molar-refractivity contribution < 1.29 is 19.4 Å². The molecule has 1 aromatic heterocycles. The normalized spacial score (nSPS) is 21.5. The minimum Gasteiger partial charge on any atom is -0.488 e. The second-order valence-electron chi connectivity index (χ2n) is 6.27. The Morgan fingerprint density at radius 1 is 1.25 bits per heavy atom. The zero-order chi connectivity index (χ0) is 16.7. The van der Waals surface area contributed by atoms with Crippen molar-refractivity contribution in [3.63, 3.8) is 0 Å². The van der Waals surface area contributed by atoms with E-state index >= 15 is 0 Å². The van der Waals surface area contributed by atoms with E-state index in [1.807, 2.05) is 30.3 Å². The third-order valence-electron chi connectivity index (χ3n) is 4.66. The van der Waals surface area contributed by atoms with Crippen LogP contribution in [0.5, 0.6) is 5.75 Å². The highest BCUT2D eigenvalue weighted by atomic mass is 32.1. The van der Waals surface area contributed by atoms with E-state index in [9.17, 15) is 9.59 Å². The Bertz CT molecular complexity index is 813. The lowest BCUT2D eigenvalue weighted by molar-refractivity contribution is -0.141. The highest BCUT2D eigenvalue weighted by Gasteiger charge is 2.31. The molecular weight excluding hydrogens is 326 g/mol. The summed E-state index contributed by atoms with van der Waals surface area (Å²) in [7, 11) is 0. The molecule has 0 bridgehead atoms. The van der Waals surface area contributed by atoms with Crippen LogP contribution in [0.1, 0.15) is 34.5 Å².